The molecule has 0 aliphatic rings. The molecule has 0 fully saturated rings. The molecule has 0 bridgehead atoms. The monoisotopic (exact) mass is 281 g/mol. The van der Waals surface area contributed by atoms with Crippen molar-refractivity contribution in [2.24, 2.45) is 5.73 Å². The summed E-state index contributed by atoms with van der Waals surface area (Å²) in [5, 5.41) is 0. The van der Waals surface area contributed by atoms with E-state index in [1.54, 1.807) is 17.5 Å². The van der Waals surface area contributed by atoms with Crippen molar-refractivity contribution in [2.45, 2.75) is 19.5 Å². The van der Waals surface area contributed by atoms with Gasteiger partial charge < -0.3 is 10.6 Å². The number of hydrogen-bond acceptors (Lipinski definition) is 4. The van der Waals surface area contributed by atoms with E-state index in [0.717, 1.165) is 22.3 Å². The van der Waals surface area contributed by atoms with E-state index in [2.05, 4.69) is 9.88 Å². The highest BCUT2D eigenvalue weighted by molar-refractivity contribution is 7.16. The van der Waals surface area contributed by atoms with Gasteiger partial charge in [0.05, 0.1) is 10.9 Å². The highest BCUT2D eigenvalue weighted by Crippen LogP contribution is 2.26. The van der Waals surface area contributed by atoms with Gasteiger partial charge in [-0.05, 0) is 25.1 Å². The lowest BCUT2D eigenvalue weighted by atomic mass is 10.1. The molecule has 2 N–H and O–H groups in total. The standard InChI is InChI=1S/C13H16ClN3S/c1-9(15)11-4-3-7-16-13(11)17(2)8-10-5-6-12(14)18-10/h3-7,9H,8,15H2,1-2H3/t9-/m1/s1. The largest absolute Gasteiger partial charge is 0.354 e. The number of thiophene rings is 1. The Morgan fingerprint density at radius 3 is 2.83 bits per heavy atom. The van der Waals surface area contributed by atoms with Crippen LogP contribution in [0.4, 0.5) is 5.82 Å². The summed E-state index contributed by atoms with van der Waals surface area (Å²) in [6.07, 6.45) is 1.79. The van der Waals surface area contributed by atoms with Crippen LogP contribution in [-0.4, -0.2) is 12.0 Å². The molecular weight excluding hydrogens is 266 g/mol. The number of nitrogens with two attached hydrogens (primary N) is 1. The zero-order valence-electron chi connectivity index (χ0n) is 10.4. The molecule has 0 aromatic carbocycles. The lowest BCUT2D eigenvalue weighted by Gasteiger charge is -2.21. The minimum absolute atomic E-state index is 0.0249. The fourth-order valence-corrected chi connectivity index (χ4v) is 2.97. The van der Waals surface area contributed by atoms with E-state index in [9.17, 15) is 0 Å². The predicted molar refractivity (Wildman–Crippen MR) is 78.3 cm³/mol. The highest BCUT2D eigenvalue weighted by atomic mass is 35.5. The van der Waals surface area contributed by atoms with Crippen molar-refractivity contribution in [1.82, 2.24) is 4.98 Å². The van der Waals surface area contributed by atoms with Gasteiger partial charge in [0.15, 0.2) is 0 Å². The summed E-state index contributed by atoms with van der Waals surface area (Å²) in [6.45, 7) is 2.75. The van der Waals surface area contributed by atoms with Crippen molar-refractivity contribution in [2.75, 3.05) is 11.9 Å². The van der Waals surface area contributed by atoms with E-state index < -0.39 is 0 Å². The van der Waals surface area contributed by atoms with Gasteiger partial charge in [0, 0.05) is 29.7 Å². The van der Waals surface area contributed by atoms with E-state index in [4.69, 9.17) is 17.3 Å². The predicted octanol–water partition coefficient (Wildman–Crippen LogP) is 3.45. The molecule has 0 aliphatic carbocycles. The first kappa shape index (κ1) is 13.3. The first-order valence-corrected chi connectivity index (χ1v) is 6.93. The maximum absolute atomic E-state index is 5.96. The maximum atomic E-state index is 5.96. The third-order valence-corrected chi connectivity index (χ3v) is 3.91. The molecule has 0 radical (unpaired) electrons. The first-order valence-electron chi connectivity index (χ1n) is 5.74. The maximum Gasteiger partial charge on any atom is 0.133 e. The fourth-order valence-electron chi connectivity index (χ4n) is 1.83. The molecule has 2 heterocycles. The number of aromatic nitrogens is 1. The van der Waals surface area contributed by atoms with Gasteiger partial charge >= 0.3 is 0 Å². The molecule has 5 heteroatoms. The van der Waals surface area contributed by atoms with Gasteiger partial charge in [-0.2, -0.15) is 0 Å². The molecule has 2 aromatic rings. The summed E-state index contributed by atoms with van der Waals surface area (Å²) in [5.41, 5.74) is 7.02. The lowest BCUT2D eigenvalue weighted by molar-refractivity contribution is 0.790. The van der Waals surface area contributed by atoms with Crippen LogP contribution in [0.15, 0.2) is 30.5 Å². The van der Waals surface area contributed by atoms with Crippen LogP contribution in [0.25, 0.3) is 0 Å². The van der Waals surface area contributed by atoms with Crippen LogP contribution in [0.5, 0.6) is 0 Å². The van der Waals surface area contributed by atoms with Crippen molar-refractivity contribution in [1.29, 1.82) is 0 Å². The Labute approximate surface area is 116 Å². The fraction of sp³-hybridized carbons (Fsp3) is 0.308. The molecule has 96 valence electrons. The molecular formula is C13H16ClN3S. The highest BCUT2D eigenvalue weighted by Gasteiger charge is 2.12. The van der Waals surface area contributed by atoms with Gasteiger partial charge in [-0.15, -0.1) is 11.3 Å². The van der Waals surface area contributed by atoms with Gasteiger partial charge in [-0.1, -0.05) is 17.7 Å². The minimum Gasteiger partial charge on any atom is -0.354 e. The minimum atomic E-state index is -0.0249. The number of nitrogens with zero attached hydrogens (tertiary/aromatic N) is 2. The molecule has 0 amide bonds. The quantitative estimate of drug-likeness (QED) is 0.933. The normalized spacial score (nSPS) is 12.4. The van der Waals surface area contributed by atoms with Gasteiger partial charge in [0.2, 0.25) is 0 Å². The third kappa shape index (κ3) is 3.02. The van der Waals surface area contributed by atoms with Crippen LogP contribution in [0.2, 0.25) is 4.34 Å². The summed E-state index contributed by atoms with van der Waals surface area (Å²) in [4.78, 5) is 7.73. The zero-order chi connectivity index (χ0) is 13.1. The summed E-state index contributed by atoms with van der Waals surface area (Å²) >= 11 is 7.53. The molecule has 2 rings (SSSR count). The molecule has 1 atom stereocenters. The van der Waals surface area contributed by atoms with Crippen molar-refractivity contribution < 1.29 is 0 Å². The van der Waals surface area contributed by atoms with E-state index in [-0.39, 0.29) is 6.04 Å². The second kappa shape index (κ2) is 5.69. The number of rotatable bonds is 4. The number of halogens is 1. The molecule has 18 heavy (non-hydrogen) atoms. The Kier molecular flexibility index (Phi) is 4.22. The van der Waals surface area contributed by atoms with Gasteiger partial charge in [0.1, 0.15) is 5.82 Å². The Hall–Kier alpha value is -1.10. The van der Waals surface area contributed by atoms with Gasteiger partial charge in [0.25, 0.3) is 0 Å². The molecule has 0 unspecified atom stereocenters. The summed E-state index contributed by atoms with van der Waals surface area (Å²) < 4.78 is 0.812. The van der Waals surface area contributed by atoms with Crippen LogP contribution in [-0.2, 0) is 6.54 Å². The smallest absolute Gasteiger partial charge is 0.133 e. The van der Waals surface area contributed by atoms with Crippen molar-refractivity contribution in [3.8, 4) is 0 Å². The second-order valence-electron chi connectivity index (χ2n) is 4.27. The van der Waals surface area contributed by atoms with Crippen molar-refractivity contribution >= 4 is 28.8 Å². The number of pyridine rings is 1. The third-order valence-electron chi connectivity index (χ3n) is 2.69. The van der Waals surface area contributed by atoms with Crippen LogP contribution in [0, 0.1) is 0 Å². The lowest BCUT2D eigenvalue weighted by Crippen LogP contribution is -2.21. The average molecular weight is 282 g/mol. The summed E-state index contributed by atoms with van der Waals surface area (Å²) in [6, 6.07) is 7.87. The zero-order valence-corrected chi connectivity index (χ0v) is 12.0. The Morgan fingerprint density at radius 1 is 1.44 bits per heavy atom. The Bertz CT molecular complexity index is 524. The summed E-state index contributed by atoms with van der Waals surface area (Å²) in [5.74, 6) is 0.928. The molecule has 3 nitrogen and oxygen atoms in total. The van der Waals surface area contributed by atoms with E-state index in [0.29, 0.717) is 0 Å². The van der Waals surface area contributed by atoms with Crippen LogP contribution in [0.3, 0.4) is 0 Å². The molecule has 0 saturated heterocycles. The van der Waals surface area contributed by atoms with Crippen LogP contribution < -0.4 is 10.6 Å². The van der Waals surface area contributed by atoms with Crippen molar-refractivity contribution in [3.05, 3.63) is 45.2 Å². The first-order chi connectivity index (χ1) is 8.58. The SMILES string of the molecule is C[C@@H](N)c1cccnc1N(C)Cc1ccc(Cl)s1. The van der Waals surface area contributed by atoms with Gasteiger partial charge in [-0.25, -0.2) is 4.98 Å². The van der Waals surface area contributed by atoms with E-state index in [1.165, 1.54) is 4.88 Å². The van der Waals surface area contributed by atoms with Crippen molar-refractivity contribution in [3.63, 3.8) is 0 Å². The Balaban J connectivity index is 2.20. The molecule has 2 aromatic heterocycles. The van der Waals surface area contributed by atoms with Gasteiger partial charge in [-0.3, -0.25) is 0 Å². The van der Waals surface area contributed by atoms with E-state index >= 15 is 0 Å². The number of anilines is 1. The Morgan fingerprint density at radius 2 is 2.22 bits per heavy atom. The molecule has 0 aliphatic heterocycles. The summed E-state index contributed by atoms with van der Waals surface area (Å²) in [7, 11) is 2.02. The van der Waals surface area contributed by atoms with Crippen LogP contribution in [0.1, 0.15) is 23.4 Å². The second-order valence-corrected chi connectivity index (χ2v) is 6.07. The molecule has 0 spiro atoms. The van der Waals surface area contributed by atoms with Crippen LogP contribution >= 0.6 is 22.9 Å². The number of hydrogen-bond donors (Lipinski definition) is 1. The average Bonchev–Trinajstić information content (AvgIpc) is 2.74. The topological polar surface area (TPSA) is 42.1 Å². The molecule has 0 saturated carbocycles. The van der Waals surface area contributed by atoms with E-state index in [1.807, 2.05) is 38.2 Å².